The van der Waals surface area contributed by atoms with Crippen LogP contribution in [-0.4, -0.2) is 44.3 Å². The van der Waals surface area contributed by atoms with E-state index in [1.165, 1.54) is 53.6 Å². The summed E-state index contributed by atoms with van der Waals surface area (Å²) in [6.07, 6.45) is 3.95. The Kier molecular flexibility index (Phi) is 7.39. The van der Waals surface area contributed by atoms with Gasteiger partial charge in [-0.25, -0.2) is 8.78 Å². The number of likely N-dealkylation sites (tertiary alicyclic amines) is 1. The average molecular weight is 518 g/mol. The molecule has 2 unspecified atom stereocenters. The van der Waals surface area contributed by atoms with Crippen LogP contribution in [0, 0.1) is 17.6 Å². The molecule has 4 aromatic rings. The molecule has 8 nitrogen and oxygen atoms in total. The van der Waals surface area contributed by atoms with Crippen molar-refractivity contribution in [3.63, 3.8) is 0 Å². The molecule has 2 heterocycles. The van der Waals surface area contributed by atoms with E-state index in [1.54, 1.807) is 35.2 Å². The second-order valence-electron chi connectivity index (χ2n) is 9.13. The lowest BCUT2D eigenvalue weighted by atomic mass is 9.96. The molecule has 1 aromatic heterocycles. The van der Waals surface area contributed by atoms with Gasteiger partial charge in [0, 0.05) is 12.2 Å². The minimum absolute atomic E-state index is 0.0198. The van der Waals surface area contributed by atoms with Crippen LogP contribution in [0.5, 0.6) is 11.5 Å². The minimum atomic E-state index is -0.702. The SMILES string of the molecule is O=C(Nc1ccc(Oc2ccc(F)cc2)cc1)C1CC(Cc2cccc(F)c2)CN1C(=O)Cn1nccn1. The van der Waals surface area contributed by atoms with Gasteiger partial charge < -0.3 is 15.0 Å². The Morgan fingerprint density at radius 1 is 0.921 bits per heavy atom. The lowest BCUT2D eigenvalue weighted by Gasteiger charge is -2.23. The fourth-order valence-electron chi connectivity index (χ4n) is 4.60. The molecule has 2 amide bonds. The molecule has 0 aliphatic carbocycles. The lowest BCUT2D eigenvalue weighted by molar-refractivity contribution is -0.137. The van der Waals surface area contributed by atoms with Crippen LogP contribution in [0.2, 0.25) is 0 Å². The number of anilines is 1. The summed E-state index contributed by atoms with van der Waals surface area (Å²) in [7, 11) is 0. The first-order valence-corrected chi connectivity index (χ1v) is 12.2. The van der Waals surface area contributed by atoms with Crippen LogP contribution < -0.4 is 10.1 Å². The van der Waals surface area contributed by atoms with Crippen molar-refractivity contribution in [1.29, 1.82) is 0 Å². The van der Waals surface area contributed by atoms with Crippen LogP contribution in [-0.2, 0) is 22.6 Å². The normalized spacial score (nSPS) is 16.8. The number of nitrogens with zero attached hydrogens (tertiary/aromatic N) is 4. The summed E-state index contributed by atoms with van der Waals surface area (Å²) in [4.78, 5) is 29.3. The number of rotatable bonds is 8. The predicted octanol–water partition coefficient (Wildman–Crippen LogP) is 4.45. The van der Waals surface area contributed by atoms with E-state index in [2.05, 4.69) is 15.5 Å². The summed E-state index contributed by atoms with van der Waals surface area (Å²) in [6.45, 7) is 0.276. The van der Waals surface area contributed by atoms with Gasteiger partial charge >= 0.3 is 0 Å². The molecule has 2 atom stereocenters. The van der Waals surface area contributed by atoms with E-state index in [4.69, 9.17) is 4.74 Å². The van der Waals surface area contributed by atoms with Crippen molar-refractivity contribution in [3.05, 3.63) is 102 Å². The van der Waals surface area contributed by atoms with E-state index in [1.807, 2.05) is 6.07 Å². The maximum Gasteiger partial charge on any atom is 0.247 e. The fraction of sp³-hybridized carbons (Fsp3) is 0.214. The number of halogens is 2. The van der Waals surface area contributed by atoms with Crippen molar-refractivity contribution >= 4 is 17.5 Å². The van der Waals surface area contributed by atoms with Crippen LogP contribution in [0.15, 0.2) is 85.2 Å². The van der Waals surface area contributed by atoms with Gasteiger partial charge in [0.25, 0.3) is 0 Å². The number of hydrogen-bond acceptors (Lipinski definition) is 5. The Balaban J connectivity index is 1.27. The Hall–Kier alpha value is -4.60. The summed E-state index contributed by atoms with van der Waals surface area (Å²) < 4.78 is 32.5. The highest BCUT2D eigenvalue weighted by atomic mass is 19.1. The molecule has 1 aliphatic rings. The molecule has 38 heavy (non-hydrogen) atoms. The summed E-state index contributed by atoms with van der Waals surface area (Å²) in [6, 6.07) is 18.1. The molecule has 5 rings (SSSR count). The number of aromatic nitrogens is 3. The molecule has 3 aromatic carbocycles. The van der Waals surface area contributed by atoms with Gasteiger partial charge in [0.2, 0.25) is 11.8 Å². The zero-order valence-electron chi connectivity index (χ0n) is 20.3. The van der Waals surface area contributed by atoms with Crippen LogP contribution in [0.4, 0.5) is 14.5 Å². The Morgan fingerprint density at radius 3 is 2.29 bits per heavy atom. The van der Waals surface area contributed by atoms with Crippen molar-refractivity contribution in [2.24, 2.45) is 5.92 Å². The lowest BCUT2D eigenvalue weighted by Crippen LogP contribution is -2.44. The van der Waals surface area contributed by atoms with E-state index >= 15 is 0 Å². The molecule has 1 fully saturated rings. The summed E-state index contributed by atoms with van der Waals surface area (Å²) in [5, 5.41) is 10.9. The van der Waals surface area contributed by atoms with Gasteiger partial charge in [0.05, 0.1) is 12.4 Å². The fourth-order valence-corrected chi connectivity index (χ4v) is 4.60. The van der Waals surface area contributed by atoms with Gasteiger partial charge in [-0.15, -0.1) is 0 Å². The highest BCUT2D eigenvalue weighted by molar-refractivity contribution is 5.97. The van der Waals surface area contributed by atoms with Crippen molar-refractivity contribution in [2.45, 2.75) is 25.4 Å². The third-order valence-electron chi connectivity index (χ3n) is 6.34. The second kappa shape index (κ2) is 11.2. The van der Waals surface area contributed by atoms with Gasteiger partial charge in [-0.05, 0) is 85.0 Å². The standard InChI is InChI=1S/C28H25F2N5O3/c29-21-4-8-24(9-5-21)38-25-10-6-23(7-11-25)33-28(37)26-16-20(14-19-2-1-3-22(30)15-19)17-34(26)27(36)18-35-31-12-13-32-35/h1-13,15,20,26H,14,16-18H2,(H,33,37). The van der Waals surface area contributed by atoms with Gasteiger partial charge in [-0.1, -0.05) is 12.1 Å². The molecule has 1 aliphatic heterocycles. The van der Waals surface area contributed by atoms with Crippen molar-refractivity contribution < 1.29 is 23.1 Å². The quantitative estimate of drug-likeness (QED) is 0.373. The van der Waals surface area contributed by atoms with Crippen molar-refractivity contribution in [3.8, 4) is 11.5 Å². The van der Waals surface area contributed by atoms with Gasteiger partial charge in [-0.3, -0.25) is 9.59 Å². The minimum Gasteiger partial charge on any atom is -0.457 e. The second-order valence-corrected chi connectivity index (χ2v) is 9.13. The first-order chi connectivity index (χ1) is 18.4. The zero-order chi connectivity index (χ0) is 26.5. The third kappa shape index (κ3) is 6.20. The van der Waals surface area contributed by atoms with Gasteiger partial charge in [0.1, 0.15) is 35.7 Å². The number of amides is 2. The highest BCUT2D eigenvalue weighted by Crippen LogP contribution is 2.29. The Labute approximate surface area is 217 Å². The number of ether oxygens (including phenoxy) is 1. The molecule has 0 radical (unpaired) electrons. The number of carbonyl (C=O) groups excluding carboxylic acids is 2. The van der Waals surface area contributed by atoms with Crippen LogP contribution >= 0.6 is 0 Å². The van der Waals surface area contributed by atoms with Crippen LogP contribution in [0.25, 0.3) is 0 Å². The number of carbonyl (C=O) groups is 2. The number of benzene rings is 3. The highest BCUT2D eigenvalue weighted by Gasteiger charge is 2.39. The third-order valence-corrected chi connectivity index (χ3v) is 6.34. The number of hydrogen-bond donors (Lipinski definition) is 1. The predicted molar refractivity (Wildman–Crippen MR) is 135 cm³/mol. The molecule has 1 saturated heterocycles. The molecule has 1 N–H and O–H groups in total. The number of nitrogens with one attached hydrogen (secondary N) is 1. The maximum absolute atomic E-state index is 13.7. The summed E-state index contributed by atoms with van der Waals surface area (Å²) >= 11 is 0. The Bertz CT molecular complexity index is 1400. The molecule has 0 bridgehead atoms. The van der Waals surface area contributed by atoms with E-state index in [9.17, 15) is 18.4 Å². The monoisotopic (exact) mass is 517 g/mol. The Morgan fingerprint density at radius 2 is 1.61 bits per heavy atom. The zero-order valence-corrected chi connectivity index (χ0v) is 20.3. The summed E-state index contributed by atoms with van der Waals surface area (Å²) in [5.41, 5.74) is 1.35. The molecule has 0 saturated carbocycles. The molecular weight excluding hydrogens is 492 g/mol. The molecule has 194 valence electrons. The van der Waals surface area contributed by atoms with Crippen LogP contribution in [0.1, 0.15) is 12.0 Å². The topological polar surface area (TPSA) is 89.4 Å². The largest absolute Gasteiger partial charge is 0.457 e. The molecule has 0 spiro atoms. The van der Waals surface area contributed by atoms with E-state index in [-0.39, 0.29) is 35.9 Å². The smallest absolute Gasteiger partial charge is 0.247 e. The van der Waals surface area contributed by atoms with E-state index in [0.717, 1.165) is 5.56 Å². The van der Waals surface area contributed by atoms with Crippen molar-refractivity contribution in [2.75, 3.05) is 11.9 Å². The summed E-state index contributed by atoms with van der Waals surface area (Å²) in [5.74, 6) is -0.276. The van der Waals surface area contributed by atoms with Crippen molar-refractivity contribution in [1.82, 2.24) is 19.9 Å². The van der Waals surface area contributed by atoms with E-state index < -0.39 is 6.04 Å². The first-order valence-electron chi connectivity index (χ1n) is 12.2. The maximum atomic E-state index is 13.7. The first kappa shape index (κ1) is 25.1. The van der Waals surface area contributed by atoms with Crippen LogP contribution in [0.3, 0.4) is 0 Å². The van der Waals surface area contributed by atoms with Gasteiger partial charge in [-0.2, -0.15) is 15.0 Å². The molecular formula is C28H25F2N5O3. The average Bonchev–Trinajstić information content (AvgIpc) is 3.57. The van der Waals surface area contributed by atoms with E-state index in [0.29, 0.717) is 36.6 Å². The van der Waals surface area contributed by atoms with Gasteiger partial charge in [0.15, 0.2) is 0 Å². The molecule has 10 heteroatoms.